The minimum atomic E-state index is -0.999. The number of aromatic nitrogens is 2. The van der Waals surface area contributed by atoms with Crippen LogP contribution in [0.15, 0.2) is 12.5 Å². The summed E-state index contributed by atoms with van der Waals surface area (Å²) in [4.78, 5) is 30.5. The summed E-state index contributed by atoms with van der Waals surface area (Å²) in [5.74, 6) is -0.408. The van der Waals surface area contributed by atoms with Gasteiger partial charge in [0, 0.05) is 24.8 Å². The summed E-state index contributed by atoms with van der Waals surface area (Å²) in [6.07, 6.45) is 5.33. The van der Waals surface area contributed by atoms with Crippen molar-refractivity contribution < 1.29 is 14.7 Å². The lowest BCUT2D eigenvalue weighted by Gasteiger charge is -2.27. The Kier molecular flexibility index (Phi) is 7.14. The summed E-state index contributed by atoms with van der Waals surface area (Å²) in [7, 11) is 0. The van der Waals surface area contributed by atoms with Gasteiger partial charge in [-0.25, -0.2) is 9.78 Å². The largest absolute Gasteiger partial charge is 0.480 e. The first-order valence-electron chi connectivity index (χ1n) is 6.75. The monoisotopic (exact) mass is 299 g/mol. The van der Waals surface area contributed by atoms with Gasteiger partial charge in [0.1, 0.15) is 6.04 Å². The van der Waals surface area contributed by atoms with Crippen LogP contribution >= 0.6 is 11.9 Å². The van der Waals surface area contributed by atoms with Crippen molar-refractivity contribution in [3.05, 3.63) is 18.2 Å². The molecular weight excluding hydrogens is 278 g/mol. The molecule has 2 N–H and O–H groups in total. The second-order valence-corrected chi connectivity index (χ2v) is 5.48. The maximum Gasteiger partial charge on any atom is 0.327 e. The standard InChI is InChI=1S/C13H21N3O3S/c1-3-5-12(17)16(20-6-4-2)11(13(18)19)7-10-8-14-9-15-10/h8-9,11H,3-7H2,1-2H3,(H,14,15)(H,18,19)/t11-/m0/s1. The van der Waals surface area contributed by atoms with Crippen molar-refractivity contribution in [2.75, 3.05) is 5.75 Å². The van der Waals surface area contributed by atoms with Gasteiger partial charge in [0.2, 0.25) is 5.91 Å². The van der Waals surface area contributed by atoms with Gasteiger partial charge in [-0.15, -0.1) is 0 Å². The molecule has 1 amide bonds. The molecule has 0 fully saturated rings. The lowest BCUT2D eigenvalue weighted by atomic mass is 10.1. The summed E-state index contributed by atoms with van der Waals surface area (Å²) >= 11 is 1.29. The topological polar surface area (TPSA) is 86.3 Å². The predicted octanol–water partition coefficient (Wildman–Crippen LogP) is 2.09. The van der Waals surface area contributed by atoms with E-state index in [0.29, 0.717) is 18.5 Å². The molecule has 7 heteroatoms. The number of nitrogens with one attached hydrogen (secondary N) is 1. The zero-order valence-electron chi connectivity index (χ0n) is 11.8. The van der Waals surface area contributed by atoms with E-state index in [9.17, 15) is 14.7 Å². The number of carbonyl (C=O) groups is 2. The van der Waals surface area contributed by atoms with Crippen molar-refractivity contribution in [1.29, 1.82) is 0 Å². The van der Waals surface area contributed by atoms with Gasteiger partial charge in [-0.2, -0.15) is 0 Å². The molecule has 1 aromatic heterocycles. The minimum Gasteiger partial charge on any atom is -0.480 e. The van der Waals surface area contributed by atoms with Crippen molar-refractivity contribution in [2.24, 2.45) is 0 Å². The van der Waals surface area contributed by atoms with Crippen LogP contribution in [-0.2, 0) is 16.0 Å². The zero-order valence-corrected chi connectivity index (χ0v) is 12.7. The summed E-state index contributed by atoms with van der Waals surface area (Å²) in [6, 6.07) is -0.881. The number of carbonyl (C=O) groups excluding carboxylic acids is 1. The second-order valence-electron chi connectivity index (χ2n) is 4.42. The molecule has 1 aromatic rings. The van der Waals surface area contributed by atoms with Gasteiger partial charge in [-0.3, -0.25) is 9.10 Å². The van der Waals surface area contributed by atoms with Crippen molar-refractivity contribution in [1.82, 2.24) is 14.3 Å². The van der Waals surface area contributed by atoms with Crippen LogP contribution in [0.4, 0.5) is 0 Å². The number of rotatable bonds is 9. The Balaban J connectivity index is 2.85. The number of hydrogen-bond acceptors (Lipinski definition) is 4. The van der Waals surface area contributed by atoms with E-state index >= 15 is 0 Å². The van der Waals surface area contributed by atoms with E-state index in [-0.39, 0.29) is 12.3 Å². The highest BCUT2D eigenvalue weighted by molar-refractivity contribution is 7.97. The van der Waals surface area contributed by atoms with E-state index in [1.54, 1.807) is 6.20 Å². The predicted molar refractivity (Wildman–Crippen MR) is 78.2 cm³/mol. The minimum absolute atomic E-state index is 0.131. The highest BCUT2D eigenvalue weighted by atomic mass is 32.2. The third kappa shape index (κ3) is 4.88. The van der Waals surface area contributed by atoms with Gasteiger partial charge in [0.25, 0.3) is 0 Å². The normalized spacial score (nSPS) is 12.1. The molecule has 0 spiro atoms. The smallest absolute Gasteiger partial charge is 0.327 e. The van der Waals surface area contributed by atoms with Gasteiger partial charge in [0.05, 0.1) is 12.0 Å². The summed E-state index contributed by atoms with van der Waals surface area (Å²) in [5, 5.41) is 9.41. The molecule has 0 bridgehead atoms. The Morgan fingerprint density at radius 1 is 1.45 bits per heavy atom. The van der Waals surface area contributed by atoms with Crippen LogP contribution in [0.2, 0.25) is 0 Å². The van der Waals surface area contributed by atoms with E-state index in [4.69, 9.17) is 0 Å². The molecule has 0 saturated heterocycles. The van der Waals surface area contributed by atoms with Crippen molar-refractivity contribution in [3.63, 3.8) is 0 Å². The average Bonchev–Trinajstić information content (AvgIpc) is 2.91. The third-order valence-corrected chi connectivity index (χ3v) is 4.00. The number of H-pyrrole nitrogens is 1. The number of amides is 1. The Morgan fingerprint density at radius 3 is 2.70 bits per heavy atom. The quantitative estimate of drug-likeness (QED) is 0.682. The van der Waals surface area contributed by atoms with Crippen molar-refractivity contribution in [2.45, 2.75) is 45.6 Å². The van der Waals surface area contributed by atoms with Crippen molar-refractivity contribution >= 4 is 23.8 Å². The fourth-order valence-electron chi connectivity index (χ4n) is 1.72. The molecule has 0 radical (unpaired) electrons. The van der Waals surface area contributed by atoms with E-state index in [1.165, 1.54) is 22.6 Å². The fraction of sp³-hybridized carbons (Fsp3) is 0.615. The molecule has 0 aliphatic carbocycles. The molecular formula is C13H21N3O3S. The lowest BCUT2D eigenvalue weighted by Crippen LogP contribution is -2.42. The molecule has 20 heavy (non-hydrogen) atoms. The van der Waals surface area contributed by atoms with Gasteiger partial charge in [0.15, 0.2) is 0 Å². The number of imidazole rings is 1. The fourth-order valence-corrected chi connectivity index (χ4v) is 2.68. The molecule has 1 rings (SSSR count). The van der Waals surface area contributed by atoms with Crippen LogP contribution in [0.1, 0.15) is 38.8 Å². The second kappa shape index (κ2) is 8.63. The Hall–Kier alpha value is -1.50. The summed E-state index contributed by atoms with van der Waals surface area (Å²) in [6.45, 7) is 3.91. The summed E-state index contributed by atoms with van der Waals surface area (Å²) < 4.78 is 1.41. The highest BCUT2D eigenvalue weighted by Gasteiger charge is 2.30. The van der Waals surface area contributed by atoms with Crippen LogP contribution in [0, 0.1) is 0 Å². The van der Waals surface area contributed by atoms with Gasteiger partial charge in [-0.05, 0) is 24.8 Å². The number of aliphatic carboxylic acids is 1. The molecule has 6 nitrogen and oxygen atoms in total. The number of nitrogens with zero attached hydrogens (tertiary/aromatic N) is 2. The first-order chi connectivity index (χ1) is 9.60. The molecule has 0 aromatic carbocycles. The van der Waals surface area contributed by atoms with E-state index in [2.05, 4.69) is 9.97 Å². The van der Waals surface area contributed by atoms with Crippen LogP contribution in [0.25, 0.3) is 0 Å². The van der Waals surface area contributed by atoms with Crippen LogP contribution in [-0.4, -0.2) is 43.1 Å². The maximum absolute atomic E-state index is 12.1. The molecule has 1 heterocycles. The Labute approximate surface area is 123 Å². The average molecular weight is 299 g/mol. The van der Waals surface area contributed by atoms with Crippen LogP contribution in [0.3, 0.4) is 0 Å². The van der Waals surface area contributed by atoms with E-state index in [0.717, 1.165) is 12.2 Å². The third-order valence-electron chi connectivity index (χ3n) is 2.67. The molecule has 0 aliphatic rings. The number of aromatic amines is 1. The van der Waals surface area contributed by atoms with Crippen LogP contribution in [0.5, 0.6) is 0 Å². The molecule has 0 aliphatic heterocycles. The van der Waals surface area contributed by atoms with E-state index < -0.39 is 12.0 Å². The molecule has 0 saturated carbocycles. The molecule has 1 atom stereocenters. The van der Waals surface area contributed by atoms with E-state index in [1.807, 2.05) is 13.8 Å². The highest BCUT2D eigenvalue weighted by Crippen LogP contribution is 2.20. The Bertz CT molecular complexity index is 423. The molecule has 0 unspecified atom stereocenters. The van der Waals surface area contributed by atoms with Gasteiger partial charge in [-0.1, -0.05) is 13.8 Å². The number of carboxylic acids is 1. The number of hydrogen-bond donors (Lipinski definition) is 2. The van der Waals surface area contributed by atoms with Gasteiger partial charge >= 0.3 is 5.97 Å². The van der Waals surface area contributed by atoms with Crippen molar-refractivity contribution in [3.8, 4) is 0 Å². The first-order valence-corrected chi connectivity index (χ1v) is 7.69. The number of carboxylic acid groups (broad SMARTS) is 1. The summed E-state index contributed by atoms with van der Waals surface area (Å²) in [5.41, 5.74) is 0.642. The lowest BCUT2D eigenvalue weighted by molar-refractivity contribution is -0.145. The zero-order chi connectivity index (χ0) is 15.0. The SMILES string of the molecule is CCCSN(C(=O)CCC)[C@@H](Cc1c[nH]cn1)C(=O)O. The Morgan fingerprint density at radius 2 is 2.20 bits per heavy atom. The van der Waals surface area contributed by atoms with Crippen LogP contribution < -0.4 is 0 Å². The molecule has 112 valence electrons. The van der Waals surface area contributed by atoms with Gasteiger partial charge < -0.3 is 10.1 Å². The first kappa shape index (κ1) is 16.6. The maximum atomic E-state index is 12.1.